The molecule has 1 aromatic heterocycles. The number of amides is 1. The highest BCUT2D eigenvalue weighted by atomic mass is 32.2. The quantitative estimate of drug-likeness (QED) is 0.746. The molecule has 0 fully saturated rings. The fraction of sp³-hybridized carbons (Fsp3) is 0.111. The summed E-state index contributed by atoms with van der Waals surface area (Å²) < 4.78 is 38.7. The van der Waals surface area contributed by atoms with E-state index in [9.17, 15) is 17.6 Å². The van der Waals surface area contributed by atoms with Crippen molar-refractivity contribution in [3.05, 3.63) is 66.6 Å². The number of sulfonamides is 1. The minimum absolute atomic E-state index is 0.0819. The summed E-state index contributed by atoms with van der Waals surface area (Å²) in [5, 5.41) is 3.49. The Kier molecular flexibility index (Phi) is 4.97. The third kappa shape index (κ3) is 3.87. The molecule has 0 spiro atoms. The maximum atomic E-state index is 13.0. The normalized spacial score (nSPS) is 11.7. The monoisotopic (exact) mass is 373 g/mol. The number of likely N-dealkylation sites (N-methyl/N-ethyl adjacent to an activating group) is 1. The molecule has 8 heteroatoms. The lowest BCUT2D eigenvalue weighted by atomic mass is 10.2. The minimum atomic E-state index is -3.89. The topological polar surface area (TPSA) is 79.4 Å². The number of nitrogens with zero attached hydrogens (tertiary/aromatic N) is 2. The van der Waals surface area contributed by atoms with Crippen molar-refractivity contribution >= 4 is 32.5 Å². The van der Waals surface area contributed by atoms with E-state index in [1.807, 2.05) is 24.3 Å². The Morgan fingerprint density at radius 3 is 2.58 bits per heavy atom. The third-order valence-electron chi connectivity index (χ3n) is 3.76. The van der Waals surface area contributed by atoms with Gasteiger partial charge in [-0.1, -0.05) is 18.2 Å². The Morgan fingerprint density at radius 1 is 1.15 bits per heavy atom. The zero-order valence-electron chi connectivity index (χ0n) is 13.9. The molecule has 0 atom stereocenters. The fourth-order valence-corrected chi connectivity index (χ4v) is 3.54. The molecule has 0 bridgehead atoms. The molecule has 0 aliphatic carbocycles. The van der Waals surface area contributed by atoms with E-state index < -0.39 is 21.7 Å². The summed E-state index contributed by atoms with van der Waals surface area (Å²) in [7, 11) is -2.60. The van der Waals surface area contributed by atoms with Gasteiger partial charge in [-0.05, 0) is 36.4 Å². The van der Waals surface area contributed by atoms with E-state index in [-0.39, 0.29) is 11.4 Å². The van der Waals surface area contributed by atoms with Crippen molar-refractivity contribution in [1.29, 1.82) is 0 Å². The van der Waals surface area contributed by atoms with Crippen LogP contribution in [0.1, 0.15) is 0 Å². The smallest absolute Gasteiger partial charge is 0.243 e. The largest absolute Gasteiger partial charge is 0.324 e. The summed E-state index contributed by atoms with van der Waals surface area (Å²) in [6, 6.07) is 13.6. The van der Waals surface area contributed by atoms with Crippen LogP contribution in [0.25, 0.3) is 10.9 Å². The summed E-state index contributed by atoms with van der Waals surface area (Å²) in [5.41, 5.74) is 1.27. The summed E-state index contributed by atoms with van der Waals surface area (Å²) in [6.07, 6.45) is 1.51. The number of carbonyl (C=O) groups is 1. The van der Waals surface area contributed by atoms with Crippen molar-refractivity contribution in [2.75, 3.05) is 18.9 Å². The second-order valence-electron chi connectivity index (χ2n) is 5.68. The number of benzene rings is 2. The standard InChI is InChI=1S/C18H16FN3O3S/c1-22(26(24,25)16-8-6-14(19)7-9-16)12-18(23)21-15-10-13-4-2-3-5-17(13)20-11-15/h2-11H,12H2,1H3,(H,21,23). The maximum absolute atomic E-state index is 13.0. The van der Waals surface area contributed by atoms with Gasteiger partial charge in [0.25, 0.3) is 0 Å². The molecule has 0 aliphatic rings. The molecule has 2 aromatic carbocycles. The molecule has 0 unspecified atom stereocenters. The van der Waals surface area contributed by atoms with E-state index in [0.29, 0.717) is 5.69 Å². The van der Waals surface area contributed by atoms with Crippen LogP contribution in [0.2, 0.25) is 0 Å². The fourth-order valence-electron chi connectivity index (χ4n) is 2.41. The first-order chi connectivity index (χ1) is 12.4. The second-order valence-corrected chi connectivity index (χ2v) is 7.72. The highest BCUT2D eigenvalue weighted by Crippen LogP contribution is 2.17. The van der Waals surface area contributed by atoms with Gasteiger partial charge in [0.05, 0.1) is 28.8 Å². The van der Waals surface area contributed by atoms with Crippen molar-refractivity contribution in [2.24, 2.45) is 0 Å². The number of hydrogen-bond donors (Lipinski definition) is 1. The van der Waals surface area contributed by atoms with Crippen molar-refractivity contribution in [3.8, 4) is 0 Å². The molecule has 0 radical (unpaired) electrons. The highest BCUT2D eigenvalue weighted by molar-refractivity contribution is 7.89. The molecule has 0 saturated heterocycles. The number of pyridine rings is 1. The molecule has 3 rings (SSSR count). The zero-order valence-corrected chi connectivity index (χ0v) is 14.7. The predicted molar refractivity (Wildman–Crippen MR) is 96.6 cm³/mol. The molecule has 1 N–H and O–H groups in total. The number of hydrogen-bond acceptors (Lipinski definition) is 4. The average Bonchev–Trinajstić information content (AvgIpc) is 2.61. The number of fused-ring (bicyclic) bond motifs is 1. The van der Waals surface area contributed by atoms with Gasteiger partial charge in [-0.3, -0.25) is 9.78 Å². The van der Waals surface area contributed by atoms with E-state index in [1.165, 1.54) is 13.2 Å². The van der Waals surface area contributed by atoms with Crippen LogP contribution in [0.5, 0.6) is 0 Å². The first-order valence-electron chi connectivity index (χ1n) is 7.73. The number of aromatic nitrogens is 1. The Balaban J connectivity index is 1.71. The number of carbonyl (C=O) groups excluding carboxylic acids is 1. The molecular formula is C18H16FN3O3S. The van der Waals surface area contributed by atoms with E-state index in [4.69, 9.17) is 0 Å². The third-order valence-corrected chi connectivity index (χ3v) is 5.58. The Hall–Kier alpha value is -2.84. The van der Waals surface area contributed by atoms with Crippen LogP contribution in [-0.2, 0) is 14.8 Å². The van der Waals surface area contributed by atoms with Gasteiger partial charge in [-0.2, -0.15) is 4.31 Å². The van der Waals surface area contributed by atoms with Crippen LogP contribution in [0.15, 0.2) is 65.7 Å². The van der Waals surface area contributed by atoms with Crippen LogP contribution in [0.3, 0.4) is 0 Å². The summed E-state index contributed by atoms with van der Waals surface area (Å²) in [4.78, 5) is 16.3. The van der Waals surface area contributed by atoms with E-state index >= 15 is 0 Å². The lowest BCUT2D eigenvalue weighted by Crippen LogP contribution is -2.35. The molecule has 1 heterocycles. The van der Waals surface area contributed by atoms with E-state index in [0.717, 1.165) is 39.5 Å². The molecule has 134 valence electrons. The predicted octanol–water partition coefficient (Wildman–Crippen LogP) is 2.63. The van der Waals surface area contributed by atoms with Crippen molar-refractivity contribution in [3.63, 3.8) is 0 Å². The Bertz CT molecular complexity index is 1050. The molecule has 26 heavy (non-hydrogen) atoms. The average molecular weight is 373 g/mol. The number of rotatable bonds is 5. The highest BCUT2D eigenvalue weighted by Gasteiger charge is 2.23. The Labute approximate surface area is 150 Å². The van der Waals surface area contributed by atoms with Crippen LogP contribution in [0.4, 0.5) is 10.1 Å². The second kappa shape index (κ2) is 7.19. The summed E-state index contributed by atoms with van der Waals surface area (Å²) in [5.74, 6) is -1.04. The van der Waals surface area contributed by atoms with Crippen LogP contribution in [0, 0.1) is 5.82 Å². The minimum Gasteiger partial charge on any atom is -0.324 e. The van der Waals surface area contributed by atoms with Gasteiger partial charge >= 0.3 is 0 Å². The molecule has 3 aromatic rings. The van der Waals surface area contributed by atoms with Gasteiger partial charge in [0.2, 0.25) is 15.9 Å². The van der Waals surface area contributed by atoms with E-state index in [1.54, 1.807) is 6.07 Å². The number of para-hydroxylation sites is 1. The van der Waals surface area contributed by atoms with E-state index in [2.05, 4.69) is 10.3 Å². The van der Waals surface area contributed by atoms with Crippen LogP contribution < -0.4 is 5.32 Å². The maximum Gasteiger partial charge on any atom is 0.243 e. The molecule has 1 amide bonds. The SMILES string of the molecule is CN(CC(=O)Nc1cnc2ccccc2c1)S(=O)(=O)c1ccc(F)cc1. The molecule has 0 saturated carbocycles. The lowest BCUT2D eigenvalue weighted by Gasteiger charge is -2.17. The van der Waals surface area contributed by atoms with Crippen molar-refractivity contribution in [1.82, 2.24) is 9.29 Å². The molecular weight excluding hydrogens is 357 g/mol. The number of nitrogens with one attached hydrogen (secondary N) is 1. The van der Waals surface area contributed by atoms with Gasteiger partial charge in [-0.15, -0.1) is 0 Å². The van der Waals surface area contributed by atoms with Crippen molar-refractivity contribution < 1.29 is 17.6 Å². The molecule has 6 nitrogen and oxygen atoms in total. The summed E-state index contributed by atoms with van der Waals surface area (Å²) >= 11 is 0. The van der Waals surface area contributed by atoms with Gasteiger partial charge in [-0.25, -0.2) is 12.8 Å². The van der Waals surface area contributed by atoms with Crippen LogP contribution >= 0.6 is 0 Å². The number of halogens is 1. The van der Waals surface area contributed by atoms with Gasteiger partial charge in [0.1, 0.15) is 5.82 Å². The van der Waals surface area contributed by atoms with Crippen molar-refractivity contribution in [2.45, 2.75) is 4.90 Å². The number of anilines is 1. The first-order valence-corrected chi connectivity index (χ1v) is 9.17. The van der Waals surface area contributed by atoms with Crippen LogP contribution in [-0.4, -0.2) is 37.2 Å². The summed E-state index contributed by atoms with van der Waals surface area (Å²) in [6.45, 7) is -0.382. The zero-order chi connectivity index (χ0) is 18.7. The van der Waals surface area contributed by atoms with Gasteiger partial charge in [0, 0.05) is 12.4 Å². The van der Waals surface area contributed by atoms with Gasteiger partial charge < -0.3 is 5.32 Å². The lowest BCUT2D eigenvalue weighted by molar-refractivity contribution is -0.116. The first kappa shape index (κ1) is 18.0. The van der Waals surface area contributed by atoms with Gasteiger partial charge in [0.15, 0.2) is 0 Å². The Morgan fingerprint density at radius 2 is 1.85 bits per heavy atom. The molecule has 0 aliphatic heterocycles.